The fraction of sp³-hybridized carbons (Fsp3) is 0.524. The van der Waals surface area contributed by atoms with Crippen molar-refractivity contribution < 1.29 is 8.42 Å². The molecule has 1 aromatic carbocycles. The summed E-state index contributed by atoms with van der Waals surface area (Å²) in [7, 11) is -3.36. The van der Waals surface area contributed by atoms with Gasteiger partial charge in [0.25, 0.3) is 0 Å². The largest absolute Gasteiger partial charge is 0.357 e. The summed E-state index contributed by atoms with van der Waals surface area (Å²) in [5, 5.41) is 7.30. The average Bonchev–Trinajstić information content (AvgIpc) is 2.96. The van der Waals surface area contributed by atoms with E-state index in [0.29, 0.717) is 23.9 Å². The third-order valence-electron chi connectivity index (χ3n) is 4.47. The highest BCUT2D eigenvalue weighted by Crippen LogP contribution is 2.23. The van der Waals surface area contributed by atoms with E-state index in [1.165, 1.54) is 0 Å². The van der Waals surface area contributed by atoms with Gasteiger partial charge >= 0.3 is 0 Å². The summed E-state index contributed by atoms with van der Waals surface area (Å²) in [5.41, 5.74) is 2.11. The van der Waals surface area contributed by atoms with Crippen LogP contribution in [0.3, 0.4) is 0 Å². The second-order valence-electron chi connectivity index (χ2n) is 7.96. The number of hydrogen-bond acceptors (Lipinski definition) is 5. The van der Waals surface area contributed by atoms with Crippen molar-refractivity contribution in [3.63, 3.8) is 0 Å². The summed E-state index contributed by atoms with van der Waals surface area (Å²) in [6.07, 6.45) is 0. The van der Waals surface area contributed by atoms with Crippen molar-refractivity contribution in [2.75, 3.05) is 18.8 Å². The fourth-order valence-electron chi connectivity index (χ4n) is 2.80. The zero-order valence-corrected chi connectivity index (χ0v) is 19.8. The van der Waals surface area contributed by atoms with Gasteiger partial charge in [-0.2, -0.15) is 0 Å². The Morgan fingerprint density at radius 1 is 1.14 bits per heavy atom. The fourth-order valence-corrected chi connectivity index (χ4v) is 4.82. The average molecular weight is 437 g/mol. The van der Waals surface area contributed by atoms with Crippen molar-refractivity contribution in [3.8, 4) is 0 Å². The molecular weight excluding hydrogens is 404 g/mol. The summed E-state index contributed by atoms with van der Waals surface area (Å²) in [4.78, 5) is 10.4. The Kier molecular flexibility index (Phi) is 7.82. The van der Waals surface area contributed by atoms with Crippen LogP contribution in [-0.4, -0.2) is 38.2 Å². The van der Waals surface area contributed by atoms with Gasteiger partial charge in [-0.15, -0.1) is 11.3 Å². The lowest BCUT2D eigenvalue weighted by atomic mass is 9.87. The van der Waals surface area contributed by atoms with Crippen LogP contribution in [-0.2, 0) is 21.8 Å². The molecule has 0 radical (unpaired) electrons. The molecule has 0 spiro atoms. The van der Waals surface area contributed by atoms with Gasteiger partial charge in [-0.05, 0) is 43.9 Å². The molecule has 1 aromatic heterocycles. The molecule has 29 heavy (non-hydrogen) atoms. The lowest BCUT2D eigenvalue weighted by Crippen LogP contribution is -2.39. The zero-order chi connectivity index (χ0) is 21.7. The second-order valence-corrected chi connectivity index (χ2v) is 11.4. The van der Waals surface area contributed by atoms with Gasteiger partial charge in [-0.3, -0.25) is 0 Å². The second kappa shape index (κ2) is 9.71. The lowest BCUT2D eigenvalue weighted by molar-refractivity contribution is 0.586. The van der Waals surface area contributed by atoms with E-state index in [1.807, 2.05) is 32.9 Å². The first-order chi connectivity index (χ1) is 13.5. The Morgan fingerprint density at radius 3 is 2.31 bits per heavy atom. The summed E-state index contributed by atoms with van der Waals surface area (Å²) in [5.74, 6) is 0.613. The standard InChI is InChI=1S/C21H32N4O2S2/c1-7-22-20(24-14-19-15(2)25-16(3)28-19)23-12-13-29(26,27)18-10-8-17(9-11-18)21(4,5)6/h8-11H,7,12-14H2,1-6H3,(H2,22,23,24). The SMILES string of the molecule is CCNC(=NCc1sc(C)nc1C)NCCS(=O)(=O)c1ccc(C(C)(C)C)cc1. The van der Waals surface area contributed by atoms with Crippen LogP contribution < -0.4 is 10.6 Å². The molecule has 2 aromatic rings. The van der Waals surface area contributed by atoms with E-state index in [9.17, 15) is 8.42 Å². The molecule has 0 fully saturated rings. The Hall–Kier alpha value is -1.93. The highest BCUT2D eigenvalue weighted by molar-refractivity contribution is 7.91. The number of thiazole rings is 1. The molecule has 0 saturated heterocycles. The molecule has 2 N–H and O–H groups in total. The van der Waals surface area contributed by atoms with Gasteiger partial charge in [-0.25, -0.2) is 18.4 Å². The van der Waals surface area contributed by atoms with Crippen molar-refractivity contribution in [3.05, 3.63) is 45.4 Å². The third kappa shape index (κ3) is 6.82. The third-order valence-corrected chi connectivity index (χ3v) is 7.26. The Labute approximate surface area is 178 Å². The van der Waals surface area contributed by atoms with Crippen LogP contribution >= 0.6 is 11.3 Å². The molecule has 0 bridgehead atoms. The number of nitrogens with one attached hydrogen (secondary N) is 2. The Morgan fingerprint density at radius 2 is 1.79 bits per heavy atom. The molecular formula is C21H32N4O2S2. The molecule has 0 atom stereocenters. The molecule has 2 rings (SSSR count). The van der Waals surface area contributed by atoms with Crippen LogP contribution in [0, 0.1) is 13.8 Å². The number of aliphatic imine (C=N–C) groups is 1. The highest BCUT2D eigenvalue weighted by atomic mass is 32.2. The monoisotopic (exact) mass is 436 g/mol. The minimum atomic E-state index is -3.36. The highest BCUT2D eigenvalue weighted by Gasteiger charge is 2.17. The number of aryl methyl sites for hydroxylation is 2. The summed E-state index contributed by atoms with van der Waals surface area (Å²) in [6, 6.07) is 7.19. The number of rotatable bonds is 7. The van der Waals surface area contributed by atoms with Crippen LogP contribution in [0.5, 0.6) is 0 Å². The zero-order valence-electron chi connectivity index (χ0n) is 18.2. The Balaban J connectivity index is 1.99. The van der Waals surface area contributed by atoms with E-state index in [4.69, 9.17) is 0 Å². The lowest BCUT2D eigenvalue weighted by Gasteiger charge is -2.19. The minimum Gasteiger partial charge on any atom is -0.357 e. The first kappa shape index (κ1) is 23.3. The molecule has 8 heteroatoms. The van der Waals surface area contributed by atoms with E-state index in [2.05, 4.69) is 41.4 Å². The van der Waals surface area contributed by atoms with Crippen molar-refractivity contribution in [2.45, 2.75) is 58.4 Å². The number of nitrogens with zero attached hydrogens (tertiary/aromatic N) is 2. The molecule has 0 saturated carbocycles. The molecule has 0 unspecified atom stereocenters. The quantitative estimate of drug-likeness (QED) is 0.512. The van der Waals surface area contributed by atoms with Gasteiger partial charge in [0.1, 0.15) is 0 Å². The smallest absolute Gasteiger partial charge is 0.191 e. The van der Waals surface area contributed by atoms with Crippen LogP contribution in [0.15, 0.2) is 34.2 Å². The molecule has 0 amide bonds. The maximum absolute atomic E-state index is 12.7. The van der Waals surface area contributed by atoms with Gasteiger partial charge in [-0.1, -0.05) is 32.9 Å². The first-order valence-electron chi connectivity index (χ1n) is 9.81. The molecule has 0 aliphatic rings. The number of guanidine groups is 1. The normalized spacial score (nSPS) is 12.8. The van der Waals surface area contributed by atoms with Crippen LogP contribution in [0.4, 0.5) is 0 Å². The number of aromatic nitrogens is 1. The van der Waals surface area contributed by atoms with Gasteiger partial charge in [0.2, 0.25) is 0 Å². The van der Waals surface area contributed by atoms with E-state index in [-0.39, 0.29) is 17.7 Å². The first-order valence-corrected chi connectivity index (χ1v) is 12.3. The van der Waals surface area contributed by atoms with Gasteiger partial charge < -0.3 is 10.6 Å². The summed E-state index contributed by atoms with van der Waals surface area (Å²) in [6.45, 7) is 13.8. The minimum absolute atomic E-state index is 0.00396. The van der Waals surface area contributed by atoms with Gasteiger partial charge in [0, 0.05) is 18.0 Å². The van der Waals surface area contributed by atoms with Crippen molar-refractivity contribution in [1.29, 1.82) is 0 Å². The molecule has 160 valence electrons. The molecule has 0 aliphatic heterocycles. The van der Waals surface area contributed by atoms with Crippen molar-refractivity contribution in [1.82, 2.24) is 15.6 Å². The van der Waals surface area contributed by atoms with Crippen LogP contribution in [0.1, 0.15) is 48.8 Å². The molecule has 1 heterocycles. The van der Waals surface area contributed by atoms with Crippen molar-refractivity contribution in [2.24, 2.45) is 4.99 Å². The predicted molar refractivity (Wildman–Crippen MR) is 122 cm³/mol. The van der Waals surface area contributed by atoms with E-state index < -0.39 is 9.84 Å². The maximum Gasteiger partial charge on any atom is 0.191 e. The number of hydrogen-bond donors (Lipinski definition) is 2. The molecule has 0 aliphatic carbocycles. The van der Waals surface area contributed by atoms with Crippen LogP contribution in [0.25, 0.3) is 0 Å². The van der Waals surface area contributed by atoms with E-state index >= 15 is 0 Å². The summed E-state index contributed by atoms with van der Waals surface area (Å²) >= 11 is 1.63. The number of benzene rings is 1. The van der Waals surface area contributed by atoms with Gasteiger partial charge in [0.05, 0.1) is 27.9 Å². The Bertz CT molecular complexity index is 940. The number of sulfone groups is 1. The predicted octanol–water partition coefficient (Wildman–Crippen LogP) is 3.59. The maximum atomic E-state index is 12.7. The van der Waals surface area contributed by atoms with Crippen molar-refractivity contribution >= 4 is 27.1 Å². The van der Waals surface area contributed by atoms with Crippen LogP contribution in [0.2, 0.25) is 0 Å². The topological polar surface area (TPSA) is 83.4 Å². The molecule has 6 nitrogen and oxygen atoms in total. The van der Waals surface area contributed by atoms with Gasteiger partial charge in [0.15, 0.2) is 15.8 Å². The summed E-state index contributed by atoms with van der Waals surface area (Å²) < 4.78 is 25.3. The van der Waals surface area contributed by atoms with E-state index in [0.717, 1.165) is 21.1 Å². The van der Waals surface area contributed by atoms with E-state index in [1.54, 1.807) is 23.5 Å².